The second-order valence-electron chi connectivity index (χ2n) is 4.27. The Morgan fingerprint density at radius 2 is 1.74 bits per heavy atom. The van der Waals surface area contributed by atoms with E-state index in [4.69, 9.17) is 5.11 Å². The normalized spacial score (nSPS) is 15.9. The van der Waals surface area contributed by atoms with Gasteiger partial charge in [-0.25, -0.2) is 4.79 Å². The van der Waals surface area contributed by atoms with Crippen molar-refractivity contribution in [3.8, 4) is 0 Å². The Kier molecular flexibility index (Phi) is 6.07. The molecule has 0 aliphatic carbocycles. The standard InChI is InChI=1S/C11H20N4O4/c1-2-12-9(16)7-13-11(19)15-5-3-14(4-6-15)8-10(17)18/h2-8H2,1H3,(H,12,16)(H,13,19)(H,17,18). The van der Waals surface area contributed by atoms with E-state index in [9.17, 15) is 14.4 Å². The van der Waals surface area contributed by atoms with Crippen LogP contribution in [0.3, 0.4) is 0 Å². The third kappa shape index (κ3) is 5.56. The first-order chi connectivity index (χ1) is 9.02. The lowest BCUT2D eigenvalue weighted by Gasteiger charge is -2.33. The second-order valence-corrected chi connectivity index (χ2v) is 4.27. The number of hydrogen-bond acceptors (Lipinski definition) is 4. The molecule has 8 nitrogen and oxygen atoms in total. The molecule has 0 saturated carbocycles. The van der Waals surface area contributed by atoms with Gasteiger partial charge >= 0.3 is 12.0 Å². The summed E-state index contributed by atoms with van der Waals surface area (Å²) in [6.45, 7) is 4.28. The molecule has 1 heterocycles. The number of rotatable bonds is 5. The van der Waals surface area contributed by atoms with Crippen molar-refractivity contribution in [1.82, 2.24) is 20.4 Å². The van der Waals surface area contributed by atoms with Crippen LogP contribution < -0.4 is 10.6 Å². The highest BCUT2D eigenvalue weighted by atomic mass is 16.4. The third-order valence-electron chi connectivity index (χ3n) is 2.79. The van der Waals surface area contributed by atoms with Gasteiger partial charge in [-0.1, -0.05) is 0 Å². The number of carboxylic acid groups (broad SMARTS) is 1. The van der Waals surface area contributed by atoms with Crippen molar-refractivity contribution in [2.24, 2.45) is 0 Å². The van der Waals surface area contributed by atoms with Crippen LogP contribution in [-0.2, 0) is 9.59 Å². The molecule has 0 spiro atoms. The largest absolute Gasteiger partial charge is 0.480 e. The van der Waals surface area contributed by atoms with Crippen LogP contribution in [0.4, 0.5) is 4.79 Å². The Labute approximate surface area is 111 Å². The molecule has 0 aromatic carbocycles. The monoisotopic (exact) mass is 272 g/mol. The first-order valence-electron chi connectivity index (χ1n) is 6.26. The molecule has 3 N–H and O–H groups in total. The van der Waals surface area contributed by atoms with E-state index in [1.807, 2.05) is 0 Å². The number of carbonyl (C=O) groups excluding carboxylic acids is 2. The van der Waals surface area contributed by atoms with Crippen molar-refractivity contribution in [3.63, 3.8) is 0 Å². The molecule has 0 bridgehead atoms. The highest BCUT2D eigenvalue weighted by Gasteiger charge is 2.22. The van der Waals surface area contributed by atoms with E-state index < -0.39 is 5.97 Å². The summed E-state index contributed by atoms with van der Waals surface area (Å²) in [5, 5.41) is 13.8. The summed E-state index contributed by atoms with van der Waals surface area (Å²) >= 11 is 0. The average molecular weight is 272 g/mol. The van der Waals surface area contributed by atoms with Gasteiger partial charge in [0.15, 0.2) is 0 Å². The maximum absolute atomic E-state index is 11.7. The fourth-order valence-electron chi connectivity index (χ4n) is 1.83. The lowest BCUT2D eigenvalue weighted by atomic mass is 10.3. The number of urea groups is 1. The molecule has 0 aromatic heterocycles. The van der Waals surface area contributed by atoms with E-state index in [0.717, 1.165) is 0 Å². The van der Waals surface area contributed by atoms with Crippen molar-refractivity contribution in [3.05, 3.63) is 0 Å². The van der Waals surface area contributed by atoms with Crippen LogP contribution >= 0.6 is 0 Å². The van der Waals surface area contributed by atoms with Gasteiger partial charge in [0.05, 0.1) is 13.1 Å². The SMILES string of the molecule is CCNC(=O)CNC(=O)N1CCN(CC(=O)O)CC1. The van der Waals surface area contributed by atoms with Crippen LogP contribution in [0.25, 0.3) is 0 Å². The van der Waals surface area contributed by atoms with Gasteiger partial charge in [0, 0.05) is 32.7 Å². The van der Waals surface area contributed by atoms with Crippen molar-refractivity contribution in [1.29, 1.82) is 0 Å². The predicted octanol–water partition coefficient (Wildman–Crippen LogP) is -1.47. The number of nitrogens with one attached hydrogen (secondary N) is 2. The minimum Gasteiger partial charge on any atom is -0.480 e. The van der Waals surface area contributed by atoms with Gasteiger partial charge in [0.2, 0.25) is 5.91 Å². The van der Waals surface area contributed by atoms with Crippen molar-refractivity contribution < 1.29 is 19.5 Å². The Hall–Kier alpha value is -1.83. The maximum Gasteiger partial charge on any atom is 0.317 e. The zero-order chi connectivity index (χ0) is 14.3. The number of carboxylic acids is 1. The van der Waals surface area contributed by atoms with Gasteiger partial charge in [-0.05, 0) is 6.92 Å². The first kappa shape index (κ1) is 15.2. The van der Waals surface area contributed by atoms with Crippen LogP contribution in [0.2, 0.25) is 0 Å². The fourth-order valence-corrected chi connectivity index (χ4v) is 1.83. The molecule has 108 valence electrons. The first-order valence-corrected chi connectivity index (χ1v) is 6.26. The number of amides is 3. The molecule has 0 unspecified atom stereocenters. The van der Waals surface area contributed by atoms with Gasteiger partial charge < -0.3 is 20.6 Å². The third-order valence-corrected chi connectivity index (χ3v) is 2.79. The molecular weight excluding hydrogens is 252 g/mol. The lowest BCUT2D eigenvalue weighted by molar-refractivity contribution is -0.138. The quantitative estimate of drug-likeness (QED) is 0.567. The Balaban J connectivity index is 2.25. The molecule has 3 amide bonds. The summed E-state index contributed by atoms with van der Waals surface area (Å²) < 4.78 is 0. The van der Waals surface area contributed by atoms with E-state index in [-0.39, 0.29) is 25.0 Å². The number of piperazine rings is 1. The summed E-state index contributed by atoms with van der Waals surface area (Å²) in [7, 11) is 0. The molecule has 19 heavy (non-hydrogen) atoms. The summed E-state index contributed by atoms with van der Waals surface area (Å²) in [6.07, 6.45) is 0. The van der Waals surface area contributed by atoms with Crippen LogP contribution in [0.5, 0.6) is 0 Å². The Morgan fingerprint density at radius 1 is 1.11 bits per heavy atom. The molecule has 0 aromatic rings. The number of carbonyl (C=O) groups is 3. The average Bonchev–Trinajstić information content (AvgIpc) is 2.36. The lowest BCUT2D eigenvalue weighted by Crippen LogP contribution is -2.53. The molecule has 1 rings (SSSR count). The minimum atomic E-state index is -0.867. The molecule has 1 fully saturated rings. The topological polar surface area (TPSA) is 102 Å². The number of hydrogen-bond donors (Lipinski definition) is 3. The smallest absolute Gasteiger partial charge is 0.317 e. The van der Waals surface area contributed by atoms with E-state index in [1.54, 1.807) is 16.7 Å². The summed E-state index contributed by atoms with van der Waals surface area (Å²) in [6, 6.07) is -0.291. The highest BCUT2D eigenvalue weighted by Crippen LogP contribution is 2.01. The maximum atomic E-state index is 11.7. The van der Waals surface area contributed by atoms with Crippen molar-refractivity contribution in [2.75, 3.05) is 45.8 Å². The summed E-state index contributed by atoms with van der Waals surface area (Å²) in [5.74, 6) is -1.09. The van der Waals surface area contributed by atoms with Crippen LogP contribution in [0.1, 0.15) is 6.92 Å². The number of nitrogens with zero attached hydrogens (tertiary/aromatic N) is 2. The molecule has 0 atom stereocenters. The second kappa shape index (κ2) is 7.57. The minimum absolute atomic E-state index is 0.00559. The summed E-state index contributed by atoms with van der Waals surface area (Å²) in [4.78, 5) is 36.8. The van der Waals surface area contributed by atoms with E-state index in [0.29, 0.717) is 32.7 Å². The van der Waals surface area contributed by atoms with E-state index in [2.05, 4.69) is 10.6 Å². The van der Waals surface area contributed by atoms with Crippen LogP contribution in [0, 0.1) is 0 Å². The van der Waals surface area contributed by atoms with E-state index in [1.165, 1.54) is 0 Å². The van der Waals surface area contributed by atoms with Crippen molar-refractivity contribution in [2.45, 2.75) is 6.92 Å². The Bertz CT molecular complexity index is 340. The molecule has 0 radical (unpaired) electrons. The highest BCUT2D eigenvalue weighted by molar-refractivity contribution is 5.83. The zero-order valence-electron chi connectivity index (χ0n) is 11.0. The van der Waals surface area contributed by atoms with Gasteiger partial charge in [-0.3, -0.25) is 14.5 Å². The molecule has 8 heteroatoms. The van der Waals surface area contributed by atoms with Crippen LogP contribution in [-0.4, -0.2) is 78.6 Å². The molecule has 1 aliphatic heterocycles. The number of aliphatic carboxylic acids is 1. The molecular formula is C11H20N4O4. The van der Waals surface area contributed by atoms with E-state index >= 15 is 0 Å². The van der Waals surface area contributed by atoms with Gasteiger partial charge in [-0.15, -0.1) is 0 Å². The predicted molar refractivity (Wildman–Crippen MR) is 67.7 cm³/mol. The zero-order valence-corrected chi connectivity index (χ0v) is 11.0. The molecule has 1 saturated heterocycles. The Morgan fingerprint density at radius 3 is 2.26 bits per heavy atom. The van der Waals surface area contributed by atoms with Gasteiger partial charge in [-0.2, -0.15) is 0 Å². The van der Waals surface area contributed by atoms with Gasteiger partial charge in [0.25, 0.3) is 0 Å². The van der Waals surface area contributed by atoms with Gasteiger partial charge in [0.1, 0.15) is 0 Å². The van der Waals surface area contributed by atoms with Crippen molar-refractivity contribution >= 4 is 17.9 Å². The van der Waals surface area contributed by atoms with Crippen LogP contribution in [0.15, 0.2) is 0 Å². The summed E-state index contributed by atoms with van der Waals surface area (Å²) in [5.41, 5.74) is 0. The number of likely N-dealkylation sites (N-methyl/N-ethyl adjacent to an activating group) is 1. The fraction of sp³-hybridized carbons (Fsp3) is 0.727. The molecule has 1 aliphatic rings.